The molecule has 72 valence electrons. The Morgan fingerprint density at radius 2 is 2.36 bits per heavy atom. The third-order valence-electron chi connectivity index (χ3n) is 2.12. The van der Waals surface area contributed by atoms with Gasteiger partial charge in [-0.15, -0.1) is 0 Å². The summed E-state index contributed by atoms with van der Waals surface area (Å²) >= 11 is 0. The molecule has 0 aliphatic carbocycles. The van der Waals surface area contributed by atoms with Gasteiger partial charge in [-0.3, -0.25) is 0 Å². The molecule has 0 aliphatic rings. The van der Waals surface area contributed by atoms with Crippen LogP contribution < -0.4 is 0 Å². The van der Waals surface area contributed by atoms with Gasteiger partial charge in [0.1, 0.15) is 11.3 Å². The Labute approximate surface area is 80.1 Å². The largest absolute Gasteiger partial charge is 0.478 e. The maximum Gasteiger partial charge on any atom is 0.335 e. The van der Waals surface area contributed by atoms with E-state index in [0.717, 1.165) is 17.6 Å². The fraction of sp³-hybridized carbons (Fsp3) is 0.200. The van der Waals surface area contributed by atoms with Crippen LogP contribution in [-0.4, -0.2) is 16.2 Å². The lowest BCUT2D eigenvalue weighted by Crippen LogP contribution is -1.94. The van der Waals surface area contributed by atoms with Crippen LogP contribution in [0.2, 0.25) is 0 Å². The molecule has 1 heterocycles. The maximum absolute atomic E-state index is 10.7. The third-order valence-corrected chi connectivity index (χ3v) is 2.12. The van der Waals surface area contributed by atoms with E-state index in [9.17, 15) is 4.79 Å². The van der Waals surface area contributed by atoms with Gasteiger partial charge in [-0.1, -0.05) is 12.1 Å². The monoisotopic (exact) mass is 191 g/mol. The van der Waals surface area contributed by atoms with Crippen molar-refractivity contribution in [2.45, 2.75) is 13.3 Å². The molecule has 0 radical (unpaired) electrons. The number of nitrogens with zero attached hydrogens (tertiary/aromatic N) is 1. The van der Waals surface area contributed by atoms with E-state index in [1.165, 1.54) is 6.07 Å². The van der Waals surface area contributed by atoms with Crippen LogP contribution in [0.4, 0.5) is 0 Å². The molecule has 14 heavy (non-hydrogen) atoms. The number of hydrogen-bond donors (Lipinski definition) is 1. The SMILES string of the molecule is CCc1onc2cc(C(=O)O)ccc12. The van der Waals surface area contributed by atoms with E-state index in [4.69, 9.17) is 9.63 Å². The van der Waals surface area contributed by atoms with Gasteiger partial charge in [0.05, 0.1) is 5.56 Å². The van der Waals surface area contributed by atoms with E-state index in [1.807, 2.05) is 6.92 Å². The minimum atomic E-state index is -0.951. The molecule has 0 saturated carbocycles. The van der Waals surface area contributed by atoms with Crippen molar-refractivity contribution in [1.29, 1.82) is 0 Å². The number of aromatic carboxylic acids is 1. The lowest BCUT2D eigenvalue weighted by molar-refractivity contribution is 0.0697. The second-order valence-corrected chi connectivity index (χ2v) is 3.00. The van der Waals surface area contributed by atoms with Crippen molar-refractivity contribution < 1.29 is 14.4 Å². The van der Waals surface area contributed by atoms with Crippen molar-refractivity contribution in [1.82, 2.24) is 5.16 Å². The zero-order chi connectivity index (χ0) is 10.1. The molecule has 0 spiro atoms. The maximum atomic E-state index is 10.7. The Morgan fingerprint density at radius 3 is 3.00 bits per heavy atom. The summed E-state index contributed by atoms with van der Waals surface area (Å²) in [6.45, 7) is 1.96. The van der Waals surface area contributed by atoms with E-state index in [1.54, 1.807) is 12.1 Å². The van der Waals surface area contributed by atoms with E-state index in [0.29, 0.717) is 5.52 Å². The summed E-state index contributed by atoms with van der Waals surface area (Å²) in [5, 5.41) is 13.4. The smallest absolute Gasteiger partial charge is 0.335 e. The standard InChI is InChI=1S/C10H9NO3/c1-2-9-7-4-3-6(10(12)13)5-8(7)11-14-9/h3-5H,2H2,1H3,(H,12,13). The fourth-order valence-electron chi connectivity index (χ4n) is 1.38. The summed E-state index contributed by atoms with van der Waals surface area (Å²) in [6.07, 6.45) is 0.753. The first-order valence-electron chi connectivity index (χ1n) is 4.34. The summed E-state index contributed by atoms with van der Waals surface area (Å²) < 4.78 is 5.06. The molecule has 0 unspecified atom stereocenters. The van der Waals surface area contributed by atoms with Crippen LogP contribution in [0.25, 0.3) is 10.9 Å². The molecular formula is C10H9NO3. The van der Waals surface area contributed by atoms with Crippen LogP contribution in [0.15, 0.2) is 22.7 Å². The molecule has 1 aromatic carbocycles. The Morgan fingerprint density at radius 1 is 1.57 bits per heavy atom. The Balaban J connectivity index is 2.63. The molecule has 2 aromatic rings. The molecule has 4 heteroatoms. The van der Waals surface area contributed by atoms with Gasteiger partial charge in [0.25, 0.3) is 0 Å². The predicted octanol–water partition coefficient (Wildman–Crippen LogP) is 2.09. The highest BCUT2D eigenvalue weighted by molar-refractivity contribution is 5.93. The Kier molecular flexibility index (Phi) is 1.96. The fourth-order valence-corrected chi connectivity index (χ4v) is 1.38. The number of carboxylic acid groups (broad SMARTS) is 1. The van der Waals surface area contributed by atoms with Crippen LogP contribution in [0.1, 0.15) is 23.0 Å². The Hall–Kier alpha value is -1.84. The summed E-state index contributed by atoms with van der Waals surface area (Å²) in [6, 6.07) is 4.80. The third kappa shape index (κ3) is 1.25. The molecule has 2 rings (SSSR count). The van der Waals surface area contributed by atoms with Crippen molar-refractivity contribution in [3.63, 3.8) is 0 Å². The van der Waals surface area contributed by atoms with Crippen molar-refractivity contribution in [3.05, 3.63) is 29.5 Å². The highest BCUT2D eigenvalue weighted by Gasteiger charge is 2.09. The van der Waals surface area contributed by atoms with Crippen LogP contribution in [0.5, 0.6) is 0 Å². The zero-order valence-electron chi connectivity index (χ0n) is 7.65. The van der Waals surface area contributed by atoms with Crippen LogP contribution in [0, 0.1) is 0 Å². The molecular weight excluding hydrogens is 182 g/mol. The number of fused-ring (bicyclic) bond motifs is 1. The summed E-state index contributed by atoms with van der Waals surface area (Å²) in [5.74, 6) is -0.162. The molecule has 1 aromatic heterocycles. The molecule has 0 amide bonds. The average Bonchev–Trinajstić information content (AvgIpc) is 2.59. The minimum absolute atomic E-state index is 0.230. The van der Waals surface area contributed by atoms with Crippen molar-refractivity contribution >= 4 is 16.9 Å². The lowest BCUT2D eigenvalue weighted by atomic mass is 10.1. The second-order valence-electron chi connectivity index (χ2n) is 3.00. The van der Waals surface area contributed by atoms with Crippen molar-refractivity contribution in [2.75, 3.05) is 0 Å². The van der Waals surface area contributed by atoms with Gasteiger partial charge in [0.15, 0.2) is 0 Å². The summed E-state index contributed by atoms with van der Waals surface area (Å²) in [7, 11) is 0. The zero-order valence-corrected chi connectivity index (χ0v) is 7.65. The van der Waals surface area contributed by atoms with Gasteiger partial charge in [0, 0.05) is 11.8 Å². The van der Waals surface area contributed by atoms with Gasteiger partial charge >= 0.3 is 5.97 Å². The van der Waals surface area contributed by atoms with E-state index in [2.05, 4.69) is 5.16 Å². The number of rotatable bonds is 2. The number of aryl methyl sites for hydroxylation is 1. The van der Waals surface area contributed by atoms with Gasteiger partial charge in [-0.05, 0) is 18.2 Å². The average molecular weight is 191 g/mol. The topological polar surface area (TPSA) is 63.3 Å². The van der Waals surface area contributed by atoms with Crippen molar-refractivity contribution in [2.24, 2.45) is 0 Å². The predicted molar refractivity (Wildman–Crippen MR) is 50.3 cm³/mol. The highest BCUT2D eigenvalue weighted by atomic mass is 16.5. The van der Waals surface area contributed by atoms with Crippen LogP contribution in [0.3, 0.4) is 0 Å². The molecule has 0 atom stereocenters. The first-order valence-corrected chi connectivity index (χ1v) is 4.34. The lowest BCUT2D eigenvalue weighted by Gasteiger charge is -1.93. The minimum Gasteiger partial charge on any atom is -0.478 e. The van der Waals surface area contributed by atoms with E-state index in [-0.39, 0.29) is 5.56 Å². The van der Waals surface area contributed by atoms with E-state index < -0.39 is 5.97 Å². The second kappa shape index (κ2) is 3.14. The normalized spacial score (nSPS) is 10.6. The van der Waals surface area contributed by atoms with E-state index >= 15 is 0 Å². The van der Waals surface area contributed by atoms with Crippen LogP contribution in [-0.2, 0) is 6.42 Å². The van der Waals surface area contributed by atoms with Crippen LogP contribution >= 0.6 is 0 Å². The first-order chi connectivity index (χ1) is 6.72. The number of carboxylic acids is 1. The molecule has 0 saturated heterocycles. The van der Waals surface area contributed by atoms with Gasteiger partial charge in [-0.25, -0.2) is 4.79 Å². The van der Waals surface area contributed by atoms with Gasteiger partial charge in [-0.2, -0.15) is 0 Å². The van der Waals surface area contributed by atoms with Gasteiger partial charge in [0.2, 0.25) is 0 Å². The number of carbonyl (C=O) groups is 1. The number of aromatic nitrogens is 1. The number of benzene rings is 1. The molecule has 4 nitrogen and oxygen atoms in total. The first kappa shape index (κ1) is 8.74. The summed E-state index contributed by atoms with van der Waals surface area (Å²) in [4.78, 5) is 10.7. The molecule has 0 aliphatic heterocycles. The molecule has 0 fully saturated rings. The Bertz CT molecular complexity index is 487. The summed E-state index contributed by atoms with van der Waals surface area (Å²) in [5.41, 5.74) is 0.829. The quantitative estimate of drug-likeness (QED) is 0.789. The number of hydrogen-bond acceptors (Lipinski definition) is 3. The highest BCUT2D eigenvalue weighted by Crippen LogP contribution is 2.19. The van der Waals surface area contributed by atoms with Gasteiger partial charge < -0.3 is 9.63 Å². The molecule has 0 bridgehead atoms. The van der Waals surface area contributed by atoms with Crippen molar-refractivity contribution in [3.8, 4) is 0 Å². The molecule has 1 N–H and O–H groups in total.